The Hall–Kier alpha value is -3.81. The van der Waals surface area contributed by atoms with E-state index in [0.29, 0.717) is 48.3 Å². The van der Waals surface area contributed by atoms with Crippen LogP contribution in [0.25, 0.3) is 0 Å². The Bertz CT molecular complexity index is 2280. The number of carbonyl (C=O) groups excluding carboxylic acids is 5. The van der Waals surface area contributed by atoms with E-state index in [9.17, 15) is 24.0 Å². The van der Waals surface area contributed by atoms with Gasteiger partial charge in [0, 0.05) is 45.1 Å². The standard InChI is InChI=1S/C57H78O17/c1-29-19-24-57(64-27-29)31(3)45-42(74-57)26-41-39-17-16-37-25-38(20-22-55(37,8)40(39)21-23-56(41,45)9)69-54-51(73-53-50(68-35(7)61)48(67-34(6)60)46(32(4)65-53)66-33(5)59)49(71-44(62)18-15-30(2)58)47-43(70-54)28-63-52(72-47)36-13-11-10-12-14-36/h10-14,16,29,31-32,38-43,45-54H,15,17-28H2,1-9H3/t29-,31+,32+,38+,39-,40+,41+,42+,43-,45+,46+,47-,48-,49+,50-,51-,52?,53+,54-,55+,56+,57-/m1/s1. The Balaban J connectivity index is 0.936. The number of fused-ring (bicyclic) bond motifs is 8. The lowest BCUT2D eigenvalue weighted by Gasteiger charge is -2.59. The third-order valence-electron chi connectivity index (χ3n) is 18.9. The summed E-state index contributed by atoms with van der Waals surface area (Å²) in [5.41, 5.74) is 2.24. The van der Waals surface area contributed by atoms with Crippen molar-refractivity contribution in [3.63, 3.8) is 0 Å². The van der Waals surface area contributed by atoms with Gasteiger partial charge in [-0.15, -0.1) is 0 Å². The maximum Gasteiger partial charge on any atom is 0.306 e. The maximum absolute atomic E-state index is 13.9. The van der Waals surface area contributed by atoms with Gasteiger partial charge in [-0.2, -0.15) is 0 Å². The second kappa shape index (κ2) is 21.2. The lowest BCUT2D eigenvalue weighted by Crippen LogP contribution is -2.67. The van der Waals surface area contributed by atoms with Gasteiger partial charge in [0.2, 0.25) is 0 Å². The first-order valence-electron chi connectivity index (χ1n) is 27.4. The molecular formula is C57H78O17. The van der Waals surface area contributed by atoms with Crippen molar-refractivity contribution in [3.8, 4) is 0 Å². The average Bonchev–Trinajstić information content (AvgIpc) is 3.80. The zero-order valence-electron chi connectivity index (χ0n) is 44.6. The van der Waals surface area contributed by atoms with Gasteiger partial charge >= 0.3 is 23.9 Å². The molecule has 17 heteroatoms. The van der Waals surface area contributed by atoms with Crippen LogP contribution in [0.5, 0.6) is 0 Å². The van der Waals surface area contributed by atoms with Crippen LogP contribution < -0.4 is 0 Å². The lowest BCUT2D eigenvalue weighted by molar-refractivity contribution is -0.396. The summed E-state index contributed by atoms with van der Waals surface area (Å²) in [4.78, 5) is 64.0. The van der Waals surface area contributed by atoms with E-state index in [2.05, 4.69) is 33.8 Å². The number of ketones is 1. The highest BCUT2D eigenvalue weighted by molar-refractivity contribution is 5.81. The Kier molecular flexibility index (Phi) is 15.4. The highest BCUT2D eigenvalue weighted by Gasteiger charge is 2.69. The van der Waals surface area contributed by atoms with Crippen molar-refractivity contribution in [2.45, 2.75) is 219 Å². The number of hydrogen-bond donors (Lipinski definition) is 0. The number of Topliss-reactive ketones (excluding diaryl/α,β-unsaturated/α-hetero) is 1. The fourth-order valence-electron chi connectivity index (χ4n) is 15.4. The molecule has 8 fully saturated rings. The first-order chi connectivity index (χ1) is 35.3. The zero-order chi connectivity index (χ0) is 52.4. The minimum atomic E-state index is -1.51. The zero-order valence-corrected chi connectivity index (χ0v) is 44.6. The normalized spacial score (nSPS) is 45.3. The molecule has 5 heterocycles. The van der Waals surface area contributed by atoms with Crippen molar-refractivity contribution >= 4 is 29.7 Å². The molecule has 1 aromatic carbocycles. The van der Waals surface area contributed by atoms with E-state index in [4.69, 9.17) is 56.8 Å². The number of benzene rings is 1. The number of hydrogen-bond acceptors (Lipinski definition) is 17. The molecule has 1 spiro atoms. The highest BCUT2D eigenvalue weighted by atomic mass is 16.8. The topological polar surface area (TPSA) is 196 Å². The van der Waals surface area contributed by atoms with Crippen LogP contribution in [-0.2, 0) is 80.8 Å². The number of allylic oxidation sites excluding steroid dienone is 1. The van der Waals surface area contributed by atoms with Gasteiger partial charge in [0.1, 0.15) is 18.0 Å². The van der Waals surface area contributed by atoms with Gasteiger partial charge < -0.3 is 61.6 Å². The van der Waals surface area contributed by atoms with Gasteiger partial charge in [-0.3, -0.25) is 19.2 Å². The molecule has 1 aromatic rings. The van der Waals surface area contributed by atoms with Gasteiger partial charge in [-0.1, -0.05) is 69.7 Å². The van der Waals surface area contributed by atoms with Crippen LogP contribution in [0.15, 0.2) is 42.0 Å². The monoisotopic (exact) mass is 1030 g/mol. The summed E-state index contributed by atoms with van der Waals surface area (Å²) in [6.45, 7) is 17.1. The predicted molar refractivity (Wildman–Crippen MR) is 261 cm³/mol. The minimum absolute atomic E-state index is 0.0354. The second-order valence-electron chi connectivity index (χ2n) is 23.7. The van der Waals surface area contributed by atoms with E-state index in [0.717, 1.165) is 50.7 Å². The van der Waals surface area contributed by atoms with Gasteiger partial charge in [-0.05, 0) is 106 Å². The quantitative estimate of drug-likeness (QED) is 0.112. The van der Waals surface area contributed by atoms with Crippen LogP contribution in [0.4, 0.5) is 0 Å². The molecule has 4 aliphatic carbocycles. The molecule has 0 N–H and O–H groups in total. The van der Waals surface area contributed by atoms with Crippen LogP contribution in [0.2, 0.25) is 0 Å². The molecule has 9 aliphatic rings. The molecule has 10 rings (SSSR count). The fraction of sp³-hybridized carbons (Fsp3) is 0.772. The molecule has 0 amide bonds. The summed E-state index contributed by atoms with van der Waals surface area (Å²) in [6.07, 6.45) is -2.20. The number of carbonyl (C=O) groups is 5. The number of rotatable bonds is 12. The Morgan fingerprint density at radius 2 is 1.41 bits per heavy atom. The fourth-order valence-corrected chi connectivity index (χ4v) is 15.4. The van der Waals surface area contributed by atoms with Crippen LogP contribution in [0, 0.1) is 46.3 Å². The van der Waals surface area contributed by atoms with Crippen LogP contribution in [-0.4, -0.2) is 122 Å². The molecule has 0 bridgehead atoms. The number of ether oxygens (including phenoxy) is 12. The molecular weight excluding hydrogens is 957 g/mol. The van der Waals surface area contributed by atoms with Crippen LogP contribution in [0.1, 0.15) is 145 Å². The van der Waals surface area contributed by atoms with E-state index in [1.807, 2.05) is 30.3 Å². The molecule has 0 radical (unpaired) electrons. The number of esters is 4. The van der Waals surface area contributed by atoms with Crippen LogP contribution in [0.3, 0.4) is 0 Å². The SMILES string of the molecule is CC(=O)CCC(=O)O[C@@H]1[C@@H](O[C@@H]2O[C@@H](C)[C@H](OC(C)=O)[C@@H](OC(C)=O)[C@H]2OC(C)=O)[C@H](O[C@H]2CC[C@@]3(C)C(=CC[C@H]4[C@@H]5C[C@@H]6O[C@]7(CC[C@@H](C)CO7)[C@@H](C)[C@@H]6[C@@]5(C)CC[C@@H]43)C2)O[C@@H]2COC(c3ccccc3)O[C@@H]12. The summed E-state index contributed by atoms with van der Waals surface area (Å²) in [7, 11) is 0. The van der Waals surface area contributed by atoms with Crippen molar-refractivity contribution in [2.75, 3.05) is 13.2 Å². The third-order valence-corrected chi connectivity index (χ3v) is 18.9. The van der Waals surface area contributed by atoms with Crippen molar-refractivity contribution in [1.29, 1.82) is 0 Å². The van der Waals surface area contributed by atoms with Crippen molar-refractivity contribution < 1.29 is 80.8 Å². The Morgan fingerprint density at radius 1 is 0.689 bits per heavy atom. The Labute approximate surface area is 434 Å². The molecule has 1 unspecified atom stereocenters. The van der Waals surface area contributed by atoms with Crippen molar-refractivity contribution in [3.05, 3.63) is 47.5 Å². The molecule has 5 aliphatic heterocycles. The van der Waals surface area contributed by atoms with Gasteiger partial charge in [0.25, 0.3) is 0 Å². The second-order valence-corrected chi connectivity index (χ2v) is 23.7. The molecule has 22 atom stereocenters. The molecule has 5 saturated heterocycles. The largest absolute Gasteiger partial charge is 0.456 e. The van der Waals surface area contributed by atoms with Gasteiger partial charge in [-0.25, -0.2) is 0 Å². The summed E-state index contributed by atoms with van der Waals surface area (Å²) >= 11 is 0. The van der Waals surface area contributed by atoms with E-state index < -0.39 is 97.4 Å². The molecule has 3 saturated carbocycles. The van der Waals surface area contributed by atoms with Crippen molar-refractivity contribution in [2.24, 2.45) is 46.3 Å². The van der Waals surface area contributed by atoms with E-state index in [1.165, 1.54) is 39.7 Å². The van der Waals surface area contributed by atoms with E-state index in [1.54, 1.807) is 6.92 Å². The summed E-state index contributed by atoms with van der Waals surface area (Å²) < 4.78 is 77.4. The molecule has 17 nitrogen and oxygen atoms in total. The minimum Gasteiger partial charge on any atom is -0.456 e. The summed E-state index contributed by atoms with van der Waals surface area (Å²) in [5.74, 6) is -0.491. The van der Waals surface area contributed by atoms with Crippen molar-refractivity contribution in [1.82, 2.24) is 0 Å². The first kappa shape index (κ1) is 53.6. The predicted octanol–water partition coefficient (Wildman–Crippen LogP) is 7.78. The summed E-state index contributed by atoms with van der Waals surface area (Å²) in [6, 6.07) is 9.31. The summed E-state index contributed by atoms with van der Waals surface area (Å²) in [5, 5.41) is 0. The van der Waals surface area contributed by atoms with E-state index in [-0.39, 0.29) is 48.3 Å². The van der Waals surface area contributed by atoms with E-state index >= 15 is 0 Å². The highest BCUT2D eigenvalue weighted by Crippen LogP contribution is 2.71. The Morgan fingerprint density at radius 3 is 2.11 bits per heavy atom. The lowest BCUT2D eigenvalue weighted by atomic mass is 9.47. The third kappa shape index (κ3) is 10.1. The smallest absolute Gasteiger partial charge is 0.306 e. The molecule has 74 heavy (non-hydrogen) atoms. The molecule has 0 aromatic heterocycles. The van der Waals surface area contributed by atoms with Crippen LogP contribution >= 0.6 is 0 Å². The maximum atomic E-state index is 13.9. The average molecular weight is 1040 g/mol. The molecule has 408 valence electrons. The first-order valence-corrected chi connectivity index (χ1v) is 27.4. The van der Waals surface area contributed by atoms with Gasteiger partial charge in [0.05, 0.1) is 37.9 Å². The van der Waals surface area contributed by atoms with Gasteiger partial charge in [0.15, 0.2) is 55.2 Å².